The van der Waals surface area contributed by atoms with E-state index in [2.05, 4.69) is 15.3 Å². The minimum absolute atomic E-state index is 0.177. The van der Waals surface area contributed by atoms with Crippen molar-refractivity contribution in [3.05, 3.63) is 70.8 Å². The van der Waals surface area contributed by atoms with Gasteiger partial charge < -0.3 is 19.9 Å². The van der Waals surface area contributed by atoms with Gasteiger partial charge in [0.15, 0.2) is 0 Å². The number of benzene rings is 1. The van der Waals surface area contributed by atoms with Crippen LogP contribution in [-0.4, -0.2) is 52.1 Å². The van der Waals surface area contributed by atoms with Gasteiger partial charge in [-0.1, -0.05) is 0 Å². The van der Waals surface area contributed by atoms with Gasteiger partial charge in [-0.2, -0.15) is 0 Å². The van der Waals surface area contributed by atoms with Gasteiger partial charge in [0.1, 0.15) is 11.4 Å². The molecule has 33 heavy (non-hydrogen) atoms. The maximum Gasteiger partial charge on any atom is 0.339 e. The molecule has 1 aliphatic heterocycles. The van der Waals surface area contributed by atoms with Crippen LogP contribution < -0.4 is 5.32 Å². The monoisotopic (exact) mass is 444 g/mol. The van der Waals surface area contributed by atoms with Gasteiger partial charge in [0.2, 0.25) is 11.7 Å². The number of ketones is 1. The zero-order chi connectivity index (χ0) is 23.3. The summed E-state index contributed by atoms with van der Waals surface area (Å²) in [6.07, 6.45) is 3.40. The number of rotatable bonds is 3. The summed E-state index contributed by atoms with van der Waals surface area (Å²) < 4.78 is 4.77. The van der Waals surface area contributed by atoms with Crippen molar-refractivity contribution in [3.8, 4) is 0 Å². The van der Waals surface area contributed by atoms with Crippen molar-refractivity contribution in [3.63, 3.8) is 0 Å². The van der Waals surface area contributed by atoms with E-state index in [4.69, 9.17) is 4.74 Å². The van der Waals surface area contributed by atoms with E-state index in [1.54, 1.807) is 35.2 Å². The predicted molar refractivity (Wildman–Crippen MR) is 119 cm³/mol. The number of nitrogens with one attached hydrogen (secondary N) is 2. The van der Waals surface area contributed by atoms with Crippen LogP contribution in [-0.2, 0) is 9.53 Å². The van der Waals surface area contributed by atoms with E-state index >= 15 is 0 Å². The molecule has 0 saturated carbocycles. The maximum absolute atomic E-state index is 13.4. The van der Waals surface area contributed by atoms with Crippen LogP contribution in [0.15, 0.2) is 48.3 Å². The number of allylic oxidation sites excluding steroid dienone is 2. The van der Waals surface area contributed by atoms with Gasteiger partial charge in [-0.15, -0.1) is 0 Å². The van der Waals surface area contributed by atoms with E-state index in [0.717, 1.165) is 10.9 Å². The summed E-state index contributed by atoms with van der Waals surface area (Å²) in [5.74, 6) is -1.48. The summed E-state index contributed by atoms with van der Waals surface area (Å²) in [5, 5.41) is 3.51. The minimum Gasteiger partial charge on any atom is -0.465 e. The fraction of sp³-hybridized carbons (Fsp3) is 0.208. The van der Waals surface area contributed by atoms with E-state index in [1.165, 1.54) is 26.3 Å². The molecule has 2 N–H and O–H groups in total. The van der Waals surface area contributed by atoms with Crippen LogP contribution in [0.25, 0.3) is 10.9 Å². The molecule has 1 aliphatic carbocycles. The number of nitrogens with zero attached hydrogens (tertiary/aromatic N) is 2. The highest BCUT2D eigenvalue weighted by atomic mass is 16.5. The molecule has 3 aromatic rings. The van der Waals surface area contributed by atoms with Crippen molar-refractivity contribution >= 4 is 40.2 Å². The molecule has 2 aliphatic rings. The van der Waals surface area contributed by atoms with Gasteiger partial charge in [-0.05, 0) is 42.3 Å². The Bertz CT molecular complexity index is 1390. The van der Waals surface area contributed by atoms with Crippen molar-refractivity contribution in [1.29, 1.82) is 0 Å². The molecule has 1 fully saturated rings. The fourth-order valence-corrected chi connectivity index (χ4v) is 4.50. The lowest BCUT2D eigenvalue weighted by Crippen LogP contribution is -2.29. The molecule has 166 valence electrons. The number of H-pyrrole nitrogens is 1. The van der Waals surface area contributed by atoms with Crippen LogP contribution >= 0.6 is 0 Å². The highest BCUT2D eigenvalue weighted by Gasteiger charge is 2.39. The standard InChI is InChI=1S/C24H20N4O5/c1-12(29)26-15-3-4-18-13(7-15)9-19(27-18)23(31)28-6-5-16-17-8-14(24(32)33-2)11-25-22(17)21(30)10-20(16)28/h3-4,7-11,16,27H,5-6H2,1-2H3,(H,26,29). The minimum atomic E-state index is -0.531. The Morgan fingerprint density at radius 3 is 2.79 bits per heavy atom. The molecule has 9 heteroatoms. The third-order valence-electron chi connectivity index (χ3n) is 5.95. The summed E-state index contributed by atoms with van der Waals surface area (Å²) in [4.78, 5) is 58.2. The number of amides is 2. The van der Waals surface area contributed by atoms with Crippen LogP contribution in [0, 0.1) is 0 Å². The van der Waals surface area contributed by atoms with Crippen molar-refractivity contribution < 1.29 is 23.9 Å². The molecule has 3 heterocycles. The average Bonchev–Trinajstić information content (AvgIpc) is 3.41. The quantitative estimate of drug-likeness (QED) is 0.599. The van der Waals surface area contributed by atoms with Crippen LogP contribution in [0.3, 0.4) is 0 Å². The number of esters is 1. The Hall–Kier alpha value is -4.27. The molecule has 1 saturated heterocycles. The summed E-state index contributed by atoms with van der Waals surface area (Å²) in [6, 6.07) is 8.70. The molecule has 9 nitrogen and oxygen atoms in total. The van der Waals surface area contributed by atoms with Gasteiger partial charge in [0, 0.05) is 53.9 Å². The summed E-state index contributed by atoms with van der Waals surface area (Å²) >= 11 is 0. The second kappa shape index (κ2) is 7.70. The Morgan fingerprint density at radius 1 is 1.21 bits per heavy atom. The number of methoxy groups -OCH3 is 1. The van der Waals surface area contributed by atoms with E-state index in [0.29, 0.717) is 41.3 Å². The molecule has 0 bridgehead atoms. The first kappa shape index (κ1) is 20.6. The Kier molecular flexibility index (Phi) is 4.81. The molecule has 1 aromatic carbocycles. The molecule has 0 radical (unpaired) electrons. The van der Waals surface area contributed by atoms with Crippen LogP contribution in [0.5, 0.6) is 0 Å². The van der Waals surface area contributed by atoms with Crippen LogP contribution in [0.1, 0.15) is 56.2 Å². The highest BCUT2D eigenvalue weighted by molar-refractivity contribution is 6.08. The van der Waals surface area contributed by atoms with Crippen molar-refractivity contribution in [1.82, 2.24) is 14.9 Å². The molecular formula is C24H20N4O5. The zero-order valence-corrected chi connectivity index (χ0v) is 18.0. The number of hydrogen-bond acceptors (Lipinski definition) is 6. The van der Waals surface area contributed by atoms with Crippen LogP contribution in [0.2, 0.25) is 0 Å². The largest absolute Gasteiger partial charge is 0.465 e. The number of aromatic amines is 1. The predicted octanol–water partition coefficient (Wildman–Crippen LogP) is 3.02. The van der Waals surface area contributed by atoms with Crippen molar-refractivity contribution in [2.24, 2.45) is 0 Å². The van der Waals surface area contributed by atoms with E-state index in [9.17, 15) is 19.2 Å². The first-order valence-corrected chi connectivity index (χ1v) is 10.4. The fourth-order valence-electron chi connectivity index (χ4n) is 4.50. The molecule has 5 rings (SSSR count). The van der Waals surface area contributed by atoms with Gasteiger partial charge in [0.05, 0.1) is 12.7 Å². The Morgan fingerprint density at radius 2 is 2.03 bits per heavy atom. The second-order valence-electron chi connectivity index (χ2n) is 8.05. The SMILES string of the molecule is COC(=O)c1cnc2c(c1)C1CCN(C(=O)c3cc4cc(NC(C)=O)ccc4[nH]3)C1=CC2=O. The lowest BCUT2D eigenvalue weighted by Gasteiger charge is -2.24. The highest BCUT2D eigenvalue weighted by Crippen LogP contribution is 2.42. The third-order valence-corrected chi connectivity index (χ3v) is 5.95. The third kappa shape index (κ3) is 3.47. The van der Waals surface area contributed by atoms with Crippen molar-refractivity contribution in [2.75, 3.05) is 19.0 Å². The Labute approximate surface area is 188 Å². The van der Waals surface area contributed by atoms with Gasteiger partial charge in [-0.25, -0.2) is 4.79 Å². The maximum atomic E-state index is 13.4. The molecule has 1 atom stereocenters. The number of fused-ring (bicyclic) bond motifs is 4. The smallest absolute Gasteiger partial charge is 0.339 e. The van der Waals surface area contributed by atoms with Gasteiger partial charge >= 0.3 is 5.97 Å². The number of hydrogen-bond donors (Lipinski definition) is 2. The first-order chi connectivity index (χ1) is 15.9. The summed E-state index contributed by atoms with van der Waals surface area (Å²) in [7, 11) is 1.29. The second-order valence-corrected chi connectivity index (χ2v) is 8.05. The van der Waals surface area contributed by atoms with E-state index < -0.39 is 5.97 Å². The average molecular weight is 444 g/mol. The molecule has 2 aromatic heterocycles. The number of ether oxygens (including phenoxy) is 1. The first-order valence-electron chi connectivity index (χ1n) is 10.4. The zero-order valence-electron chi connectivity index (χ0n) is 18.0. The van der Waals surface area contributed by atoms with Crippen molar-refractivity contribution in [2.45, 2.75) is 19.3 Å². The lowest BCUT2D eigenvalue weighted by atomic mass is 9.87. The number of aromatic nitrogens is 2. The number of pyridine rings is 1. The summed E-state index contributed by atoms with van der Waals surface area (Å²) in [6.45, 7) is 1.86. The summed E-state index contributed by atoms with van der Waals surface area (Å²) in [5.41, 5.74) is 3.56. The topological polar surface area (TPSA) is 121 Å². The molecule has 2 amide bonds. The number of anilines is 1. The normalized spacial score (nSPS) is 16.8. The number of carbonyl (C=O) groups excluding carboxylic acids is 4. The number of likely N-dealkylation sites (tertiary alicyclic amines) is 1. The molecule has 1 unspecified atom stereocenters. The molecule has 0 spiro atoms. The van der Waals surface area contributed by atoms with Gasteiger partial charge in [0.25, 0.3) is 5.91 Å². The van der Waals surface area contributed by atoms with Crippen LogP contribution in [0.4, 0.5) is 5.69 Å². The lowest BCUT2D eigenvalue weighted by molar-refractivity contribution is -0.114. The molecular weight excluding hydrogens is 424 g/mol. The number of carbonyl (C=O) groups is 4. The van der Waals surface area contributed by atoms with E-state index in [-0.39, 0.29) is 29.1 Å². The van der Waals surface area contributed by atoms with E-state index in [1.807, 2.05) is 0 Å². The van der Waals surface area contributed by atoms with Gasteiger partial charge in [-0.3, -0.25) is 19.4 Å². The Balaban J connectivity index is 1.46.